The van der Waals surface area contributed by atoms with Gasteiger partial charge in [-0.15, -0.1) is 24.0 Å². The summed E-state index contributed by atoms with van der Waals surface area (Å²) >= 11 is 0. The van der Waals surface area contributed by atoms with Gasteiger partial charge in [-0.05, 0) is 56.1 Å². The molecule has 7 heteroatoms. The van der Waals surface area contributed by atoms with Crippen LogP contribution < -0.4 is 20.1 Å². The number of ether oxygens (including phenoxy) is 2. The molecule has 2 aromatic carbocycles. The van der Waals surface area contributed by atoms with Crippen molar-refractivity contribution in [1.29, 1.82) is 0 Å². The Morgan fingerprint density at radius 3 is 2.52 bits per heavy atom. The molecule has 0 radical (unpaired) electrons. The molecule has 0 spiro atoms. The maximum absolute atomic E-state index is 5.64. The van der Waals surface area contributed by atoms with Gasteiger partial charge in [-0.3, -0.25) is 9.89 Å². The van der Waals surface area contributed by atoms with Gasteiger partial charge in [0.15, 0.2) is 5.96 Å². The first-order valence-electron chi connectivity index (χ1n) is 10.7. The van der Waals surface area contributed by atoms with Crippen molar-refractivity contribution in [3.8, 4) is 11.5 Å². The first kappa shape index (κ1) is 25.3. The van der Waals surface area contributed by atoms with Crippen LogP contribution in [0.4, 0.5) is 0 Å². The number of likely N-dealkylation sites (tertiary alicyclic amines) is 1. The lowest BCUT2D eigenvalue weighted by Crippen LogP contribution is -2.43. The molecular weight excluding hydrogens is 503 g/mol. The largest absolute Gasteiger partial charge is 0.497 e. The third kappa shape index (κ3) is 7.28. The second kappa shape index (κ2) is 13.4. The van der Waals surface area contributed by atoms with Crippen LogP contribution in [0.2, 0.25) is 0 Å². The lowest BCUT2D eigenvalue weighted by molar-refractivity contribution is 0.239. The van der Waals surface area contributed by atoms with E-state index >= 15 is 0 Å². The van der Waals surface area contributed by atoms with Gasteiger partial charge in [-0.1, -0.05) is 30.3 Å². The number of guanidine groups is 1. The Labute approximate surface area is 203 Å². The lowest BCUT2D eigenvalue weighted by Gasteiger charge is -2.30. The van der Waals surface area contributed by atoms with E-state index in [2.05, 4.69) is 44.8 Å². The molecule has 3 rings (SSSR count). The Hall–Kier alpha value is -2.00. The molecule has 0 bridgehead atoms. The van der Waals surface area contributed by atoms with Crippen LogP contribution in [0.15, 0.2) is 53.5 Å². The lowest BCUT2D eigenvalue weighted by atomic mass is 10.0. The molecular formula is C24H35IN4O2. The molecule has 2 N–H and O–H groups in total. The fourth-order valence-corrected chi connectivity index (χ4v) is 4.00. The van der Waals surface area contributed by atoms with E-state index in [1.165, 1.54) is 24.0 Å². The van der Waals surface area contributed by atoms with E-state index < -0.39 is 0 Å². The molecule has 1 aliphatic rings. The molecule has 0 saturated carbocycles. The SMILES string of the molecule is CN=C(NCCc1cccc(OC)c1)NCC(c1ccccc1OC)N1CCCC1.I. The summed E-state index contributed by atoms with van der Waals surface area (Å²) in [5.74, 6) is 2.65. The molecule has 0 amide bonds. The highest BCUT2D eigenvalue weighted by Crippen LogP contribution is 2.31. The molecule has 170 valence electrons. The van der Waals surface area contributed by atoms with Gasteiger partial charge < -0.3 is 20.1 Å². The third-order valence-corrected chi connectivity index (χ3v) is 5.61. The van der Waals surface area contributed by atoms with E-state index in [-0.39, 0.29) is 30.0 Å². The summed E-state index contributed by atoms with van der Waals surface area (Å²) in [6, 6.07) is 16.7. The second-order valence-corrected chi connectivity index (χ2v) is 7.48. The van der Waals surface area contributed by atoms with Crippen molar-refractivity contribution in [1.82, 2.24) is 15.5 Å². The number of methoxy groups -OCH3 is 2. The Morgan fingerprint density at radius 2 is 1.81 bits per heavy atom. The number of nitrogens with zero attached hydrogens (tertiary/aromatic N) is 2. The number of nitrogens with one attached hydrogen (secondary N) is 2. The van der Waals surface area contributed by atoms with Crippen molar-refractivity contribution < 1.29 is 9.47 Å². The average Bonchev–Trinajstić information content (AvgIpc) is 3.33. The highest BCUT2D eigenvalue weighted by Gasteiger charge is 2.25. The molecule has 1 atom stereocenters. The predicted octanol–water partition coefficient (Wildman–Crippen LogP) is 3.87. The fourth-order valence-electron chi connectivity index (χ4n) is 4.00. The van der Waals surface area contributed by atoms with Crippen molar-refractivity contribution >= 4 is 29.9 Å². The number of benzene rings is 2. The van der Waals surface area contributed by atoms with Crippen LogP contribution in [0.5, 0.6) is 11.5 Å². The van der Waals surface area contributed by atoms with Gasteiger partial charge in [-0.2, -0.15) is 0 Å². The smallest absolute Gasteiger partial charge is 0.191 e. The molecule has 1 fully saturated rings. The zero-order valence-corrected chi connectivity index (χ0v) is 21.1. The third-order valence-electron chi connectivity index (χ3n) is 5.61. The van der Waals surface area contributed by atoms with E-state index in [0.717, 1.165) is 50.1 Å². The van der Waals surface area contributed by atoms with Crippen LogP contribution in [0.1, 0.15) is 30.0 Å². The summed E-state index contributed by atoms with van der Waals surface area (Å²) in [5, 5.41) is 6.95. The molecule has 31 heavy (non-hydrogen) atoms. The van der Waals surface area contributed by atoms with Gasteiger partial charge >= 0.3 is 0 Å². The zero-order valence-electron chi connectivity index (χ0n) is 18.8. The summed E-state index contributed by atoms with van der Waals surface area (Å²) in [4.78, 5) is 6.94. The van der Waals surface area contributed by atoms with E-state index in [4.69, 9.17) is 9.47 Å². The highest BCUT2D eigenvalue weighted by atomic mass is 127. The van der Waals surface area contributed by atoms with Crippen LogP contribution >= 0.6 is 24.0 Å². The van der Waals surface area contributed by atoms with Crippen molar-refractivity contribution in [2.24, 2.45) is 4.99 Å². The normalized spacial score (nSPS) is 15.1. The Kier molecular flexibility index (Phi) is 10.9. The van der Waals surface area contributed by atoms with E-state index in [1.807, 2.05) is 31.3 Å². The van der Waals surface area contributed by atoms with Crippen LogP contribution in [0.3, 0.4) is 0 Å². The Bertz CT molecular complexity index is 825. The van der Waals surface area contributed by atoms with Gasteiger partial charge in [0.1, 0.15) is 11.5 Å². The molecule has 1 aliphatic heterocycles. The number of hydrogen-bond acceptors (Lipinski definition) is 4. The van der Waals surface area contributed by atoms with Crippen molar-refractivity contribution in [2.75, 3.05) is 47.4 Å². The molecule has 1 heterocycles. The minimum atomic E-state index is 0. The van der Waals surface area contributed by atoms with E-state index in [1.54, 1.807) is 14.2 Å². The molecule has 2 aromatic rings. The number of rotatable bonds is 9. The van der Waals surface area contributed by atoms with Crippen LogP contribution in [-0.4, -0.2) is 58.3 Å². The van der Waals surface area contributed by atoms with Gasteiger partial charge in [0.2, 0.25) is 0 Å². The number of aliphatic imine (C=N–C) groups is 1. The molecule has 1 unspecified atom stereocenters. The molecule has 1 saturated heterocycles. The first-order valence-corrected chi connectivity index (χ1v) is 10.7. The minimum absolute atomic E-state index is 0. The van der Waals surface area contributed by atoms with Gasteiger partial charge in [0, 0.05) is 25.7 Å². The maximum Gasteiger partial charge on any atom is 0.191 e. The molecule has 0 aromatic heterocycles. The number of para-hydroxylation sites is 1. The molecule has 6 nitrogen and oxygen atoms in total. The van der Waals surface area contributed by atoms with Gasteiger partial charge in [-0.25, -0.2) is 0 Å². The zero-order chi connectivity index (χ0) is 21.2. The van der Waals surface area contributed by atoms with E-state index in [9.17, 15) is 0 Å². The summed E-state index contributed by atoms with van der Waals surface area (Å²) in [6.07, 6.45) is 3.40. The maximum atomic E-state index is 5.64. The van der Waals surface area contributed by atoms with Crippen molar-refractivity contribution in [3.63, 3.8) is 0 Å². The summed E-state index contributed by atoms with van der Waals surface area (Å²) in [7, 11) is 5.25. The Balaban J connectivity index is 0.00000341. The first-order chi connectivity index (χ1) is 14.7. The second-order valence-electron chi connectivity index (χ2n) is 7.48. The molecule has 0 aliphatic carbocycles. The number of halogens is 1. The predicted molar refractivity (Wildman–Crippen MR) is 138 cm³/mol. The van der Waals surface area contributed by atoms with Crippen molar-refractivity contribution in [2.45, 2.75) is 25.3 Å². The highest BCUT2D eigenvalue weighted by molar-refractivity contribution is 14.0. The monoisotopic (exact) mass is 538 g/mol. The summed E-state index contributed by atoms with van der Waals surface area (Å²) < 4.78 is 10.9. The quantitative estimate of drug-likeness (QED) is 0.289. The number of hydrogen-bond donors (Lipinski definition) is 2. The van der Waals surface area contributed by atoms with Crippen LogP contribution in [0, 0.1) is 0 Å². The minimum Gasteiger partial charge on any atom is -0.497 e. The van der Waals surface area contributed by atoms with Gasteiger partial charge in [0.05, 0.1) is 20.3 Å². The fraction of sp³-hybridized carbons (Fsp3) is 0.458. The standard InChI is InChI=1S/C24H34N4O2.HI/c1-25-24(26-14-13-19-9-8-10-20(17-19)29-2)27-18-22(28-15-6-7-16-28)21-11-4-5-12-23(21)30-3;/h4-5,8-12,17,22H,6-7,13-16,18H2,1-3H3,(H2,25,26,27);1H. The topological polar surface area (TPSA) is 58.1 Å². The van der Waals surface area contributed by atoms with Crippen LogP contribution in [-0.2, 0) is 6.42 Å². The van der Waals surface area contributed by atoms with Crippen molar-refractivity contribution in [3.05, 3.63) is 59.7 Å². The summed E-state index contributed by atoms with van der Waals surface area (Å²) in [6.45, 7) is 3.81. The van der Waals surface area contributed by atoms with Gasteiger partial charge in [0.25, 0.3) is 0 Å². The summed E-state index contributed by atoms with van der Waals surface area (Å²) in [5.41, 5.74) is 2.46. The van der Waals surface area contributed by atoms with E-state index in [0.29, 0.717) is 0 Å². The Morgan fingerprint density at radius 1 is 1.03 bits per heavy atom. The average molecular weight is 538 g/mol. The van der Waals surface area contributed by atoms with Crippen LogP contribution in [0.25, 0.3) is 0 Å².